The second kappa shape index (κ2) is 10.4. The molecule has 0 aromatic heterocycles. The lowest BCUT2D eigenvalue weighted by molar-refractivity contribution is -0.133. The molecule has 0 aliphatic rings. The maximum absolute atomic E-state index is 11.2. The third-order valence-corrected chi connectivity index (χ3v) is 2.72. The van der Waals surface area contributed by atoms with Gasteiger partial charge in [-0.1, -0.05) is 0 Å². The molecule has 2 N–H and O–H groups in total. The Hall–Kier alpha value is -0.750. The maximum atomic E-state index is 11.2. The highest BCUT2D eigenvalue weighted by atomic mass is 32.2. The zero-order valence-electron chi connectivity index (χ0n) is 10.4. The van der Waals surface area contributed by atoms with E-state index in [4.69, 9.17) is 9.84 Å². The van der Waals surface area contributed by atoms with Gasteiger partial charge in [0.15, 0.2) is 0 Å². The summed E-state index contributed by atoms with van der Waals surface area (Å²) in [6, 6.07) is 0. The first-order valence-electron chi connectivity index (χ1n) is 5.70. The fraction of sp³-hybridized carbons (Fsp3) is 0.818. The summed E-state index contributed by atoms with van der Waals surface area (Å²) >= 11 is 1.11. The lowest BCUT2D eigenvalue weighted by atomic mass is 10.3. The highest BCUT2D eigenvalue weighted by molar-refractivity contribution is 8.00. The molecule has 0 aromatic carbocycles. The van der Waals surface area contributed by atoms with Crippen molar-refractivity contribution in [1.29, 1.82) is 0 Å². The molecule has 5 nitrogen and oxygen atoms in total. The first-order valence-corrected chi connectivity index (χ1v) is 6.85. The molecule has 0 fully saturated rings. The highest BCUT2D eigenvalue weighted by Gasteiger charge is 2.03. The van der Waals surface area contributed by atoms with Crippen LogP contribution in [0, 0.1) is 0 Å². The van der Waals surface area contributed by atoms with Crippen LogP contribution in [-0.2, 0) is 14.3 Å². The number of carbonyl (C=O) groups is 2. The van der Waals surface area contributed by atoms with Gasteiger partial charge in [-0.25, -0.2) is 0 Å². The molecule has 0 saturated heterocycles. The van der Waals surface area contributed by atoms with Crippen molar-refractivity contribution in [2.75, 3.05) is 24.7 Å². The SMILES string of the molecule is CC(C)OCCCCNC(=O)CSCC(=O)O. The van der Waals surface area contributed by atoms with Crippen molar-refractivity contribution in [3.63, 3.8) is 0 Å². The molecular weight excluding hydrogens is 242 g/mol. The van der Waals surface area contributed by atoms with Crippen molar-refractivity contribution in [1.82, 2.24) is 5.32 Å². The molecule has 0 spiro atoms. The molecule has 0 aliphatic heterocycles. The second-order valence-electron chi connectivity index (χ2n) is 3.86. The van der Waals surface area contributed by atoms with Crippen LogP contribution >= 0.6 is 11.8 Å². The van der Waals surface area contributed by atoms with Gasteiger partial charge in [-0.15, -0.1) is 11.8 Å². The van der Waals surface area contributed by atoms with Gasteiger partial charge in [0.1, 0.15) is 0 Å². The third kappa shape index (κ3) is 13.2. The first-order chi connectivity index (χ1) is 8.02. The average Bonchev–Trinajstić information content (AvgIpc) is 2.22. The van der Waals surface area contributed by atoms with Gasteiger partial charge in [-0.05, 0) is 26.7 Å². The first kappa shape index (κ1) is 16.2. The van der Waals surface area contributed by atoms with Gasteiger partial charge in [-0.2, -0.15) is 0 Å². The number of carboxylic acids is 1. The Morgan fingerprint density at radius 2 is 2.00 bits per heavy atom. The molecule has 0 aliphatic carbocycles. The molecule has 0 atom stereocenters. The molecular formula is C11H21NO4S. The van der Waals surface area contributed by atoms with E-state index < -0.39 is 5.97 Å². The van der Waals surface area contributed by atoms with Crippen molar-refractivity contribution >= 4 is 23.6 Å². The number of thioether (sulfide) groups is 1. The summed E-state index contributed by atoms with van der Waals surface area (Å²) in [5.41, 5.74) is 0. The monoisotopic (exact) mass is 263 g/mol. The number of hydrogen-bond donors (Lipinski definition) is 2. The number of carbonyl (C=O) groups excluding carboxylic acids is 1. The predicted molar refractivity (Wildman–Crippen MR) is 68.3 cm³/mol. The zero-order valence-corrected chi connectivity index (χ0v) is 11.2. The number of amides is 1. The summed E-state index contributed by atoms with van der Waals surface area (Å²) in [5.74, 6) is -0.834. The lowest BCUT2D eigenvalue weighted by Crippen LogP contribution is -2.26. The standard InChI is InChI=1S/C11H21NO4S/c1-9(2)16-6-4-3-5-12-10(13)7-17-8-11(14)15/h9H,3-8H2,1-2H3,(H,12,13)(H,14,15). The van der Waals surface area contributed by atoms with E-state index >= 15 is 0 Å². The quantitative estimate of drug-likeness (QED) is 0.578. The molecule has 0 rings (SSSR count). The Morgan fingerprint density at radius 3 is 2.59 bits per heavy atom. The molecule has 6 heteroatoms. The van der Waals surface area contributed by atoms with E-state index in [0.717, 1.165) is 24.6 Å². The minimum Gasteiger partial charge on any atom is -0.481 e. The van der Waals surface area contributed by atoms with E-state index in [1.807, 2.05) is 13.8 Å². The van der Waals surface area contributed by atoms with Crippen molar-refractivity contribution in [2.45, 2.75) is 32.8 Å². The fourth-order valence-electron chi connectivity index (χ4n) is 1.06. The fourth-order valence-corrected chi connectivity index (χ4v) is 1.62. The van der Waals surface area contributed by atoms with Crippen LogP contribution in [0.4, 0.5) is 0 Å². The summed E-state index contributed by atoms with van der Waals surface area (Å²) in [7, 11) is 0. The number of unbranched alkanes of at least 4 members (excludes halogenated alkanes) is 1. The Labute approximate surface area is 106 Å². The molecule has 0 heterocycles. The molecule has 0 aromatic rings. The van der Waals surface area contributed by atoms with E-state index in [0.29, 0.717) is 13.2 Å². The van der Waals surface area contributed by atoms with Crippen LogP contribution in [0.15, 0.2) is 0 Å². The highest BCUT2D eigenvalue weighted by Crippen LogP contribution is 1.98. The summed E-state index contributed by atoms with van der Waals surface area (Å²) in [6.45, 7) is 5.30. The van der Waals surface area contributed by atoms with Crippen molar-refractivity contribution in [2.24, 2.45) is 0 Å². The van der Waals surface area contributed by atoms with Gasteiger partial charge in [0.05, 0.1) is 17.6 Å². The number of hydrogen-bond acceptors (Lipinski definition) is 4. The summed E-state index contributed by atoms with van der Waals surface area (Å²) in [4.78, 5) is 21.4. The third-order valence-electron chi connectivity index (χ3n) is 1.80. The minimum absolute atomic E-state index is 0.0321. The van der Waals surface area contributed by atoms with Crippen LogP contribution in [0.5, 0.6) is 0 Å². The van der Waals surface area contributed by atoms with Crippen molar-refractivity contribution in [3.8, 4) is 0 Å². The number of carboxylic acid groups (broad SMARTS) is 1. The summed E-state index contributed by atoms with van der Waals surface area (Å²) < 4.78 is 5.36. The number of nitrogens with one attached hydrogen (secondary N) is 1. The largest absolute Gasteiger partial charge is 0.481 e. The molecule has 0 bridgehead atoms. The van der Waals surface area contributed by atoms with Gasteiger partial charge < -0.3 is 15.2 Å². The van der Waals surface area contributed by atoms with Gasteiger partial charge in [-0.3, -0.25) is 9.59 Å². The molecule has 17 heavy (non-hydrogen) atoms. The molecule has 100 valence electrons. The Bertz CT molecular complexity index is 234. The van der Waals surface area contributed by atoms with Crippen LogP contribution in [0.1, 0.15) is 26.7 Å². The van der Waals surface area contributed by atoms with E-state index in [2.05, 4.69) is 5.32 Å². The summed E-state index contributed by atoms with van der Waals surface area (Å²) in [5, 5.41) is 11.1. The van der Waals surface area contributed by atoms with Crippen molar-refractivity contribution < 1.29 is 19.4 Å². The van der Waals surface area contributed by atoms with Crippen LogP contribution in [0.3, 0.4) is 0 Å². The normalized spacial score (nSPS) is 10.5. The van der Waals surface area contributed by atoms with Crippen LogP contribution in [-0.4, -0.2) is 47.7 Å². The molecule has 0 unspecified atom stereocenters. The number of ether oxygens (including phenoxy) is 1. The van der Waals surface area contributed by atoms with E-state index in [1.165, 1.54) is 0 Å². The van der Waals surface area contributed by atoms with Gasteiger partial charge in [0, 0.05) is 13.2 Å². The Balaban J connectivity index is 3.25. The lowest BCUT2D eigenvalue weighted by Gasteiger charge is -2.07. The van der Waals surface area contributed by atoms with E-state index in [1.54, 1.807) is 0 Å². The van der Waals surface area contributed by atoms with E-state index in [9.17, 15) is 9.59 Å². The number of aliphatic carboxylic acids is 1. The van der Waals surface area contributed by atoms with Crippen molar-refractivity contribution in [3.05, 3.63) is 0 Å². The topological polar surface area (TPSA) is 75.6 Å². The van der Waals surface area contributed by atoms with Gasteiger partial charge in [0.2, 0.25) is 5.91 Å². The van der Waals surface area contributed by atoms with Gasteiger partial charge in [0.25, 0.3) is 0 Å². The maximum Gasteiger partial charge on any atom is 0.313 e. The van der Waals surface area contributed by atoms with Crippen LogP contribution < -0.4 is 5.32 Å². The molecule has 0 saturated carbocycles. The average molecular weight is 263 g/mol. The predicted octanol–water partition coefficient (Wildman–Crippen LogP) is 1.13. The molecule has 0 radical (unpaired) electrons. The smallest absolute Gasteiger partial charge is 0.313 e. The zero-order chi connectivity index (χ0) is 13.1. The Morgan fingerprint density at radius 1 is 1.29 bits per heavy atom. The van der Waals surface area contributed by atoms with Crippen LogP contribution in [0.2, 0.25) is 0 Å². The summed E-state index contributed by atoms with van der Waals surface area (Å²) in [6.07, 6.45) is 2.04. The minimum atomic E-state index is -0.895. The second-order valence-corrected chi connectivity index (χ2v) is 4.85. The van der Waals surface area contributed by atoms with Crippen LogP contribution in [0.25, 0.3) is 0 Å². The van der Waals surface area contributed by atoms with E-state index in [-0.39, 0.29) is 23.5 Å². The number of rotatable bonds is 10. The molecule has 1 amide bonds. The Kier molecular flexibility index (Phi) is 9.95. The van der Waals surface area contributed by atoms with Gasteiger partial charge >= 0.3 is 5.97 Å².